The molecule has 2 aromatic heterocycles. The molecule has 3 heterocycles. The fraction of sp³-hybridized carbons (Fsp3) is 0.385. The van der Waals surface area contributed by atoms with Gasteiger partial charge >= 0.3 is 5.97 Å². The van der Waals surface area contributed by atoms with Crippen LogP contribution in [0, 0.1) is 0 Å². The first kappa shape index (κ1) is 15.2. The molecule has 0 spiro atoms. The molecular weight excluding hydrogens is 326 g/mol. The molecule has 118 valence electrons. The molecule has 0 aliphatic carbocycles. The van der Waals surface area contributed by atoms with E-state index in [9.17, 15) is 18.3 Å². The number of carbonyl (C=O) groups is 1. The van der Waals surface area contributed by atoms with Crippen LogP contribution < -0.4 is 0 Å². The predicted octanol–water partition coefficient (Wildman–Crippen LogP) is 1.21. The number of piperidine rings is 1. The lowest BCUT2D eigenvalue weighted by Crippen LogP contribution is -2.51. The van der Waals surface area contributed by atoms with Crippen molar-refractivity contribution in [3.05, 3.63) is 36.2 Å². The molecule has 1 N–H and O–H groups in total. The van der Waals surface area contributed by atoms with Crippen molar-refractivity contribution in [3.8, 4) is 0 Å². The fourth-order valence-electron chi connectivity index (χ4n) is 2.73. The molecule has 2 aromatic rings. The third kappa shape index (κ3) is 2.34. The lowest BCUT2D eigenvalue weighted by molar-refractivity contribution is -0.149. The number of hydrogen-bond donors (Lipinski definition) is 1. The average Bonchev–Trinajstić information content (AvgIpc) is 3.20. The quantitative estimate of drug-likeness (QED) is 0.902. The van der Waals surface area contributed by atoms with Gasteiger partial charge in [0.2, 0.25) is 0 Å². The van der Waals surface area contributed by atoms with Gasteiger partial charge in [-0.15, -0.1) is 11.3 Å². The molecule has 0 aromatic carbocycles. The van der Waals surface area contributed by atoms with Gasteiger partial charge in [0.15, 0.2) is 0 Å². The van der Waals surface area contributed by atoms with E-state index in [1.807, 2.05) is 0 Å². The summed E-state index contributed by atoms with van der Waals surface area (Å²) in [5.74, 6) is -0.960. The summed E-state index contributed by atoms with van der Waals surface area (Å²) in [7, 11) is -3.53. The Hall–Kier alpha value is -1.71. The predicted molar refractivity (Wildman–Crippen MR) is 80.1 cm³/mol. The summed E-state index contributed by atoms with van der Waals surface area (Å²) >= 11 is 1.17. The number of hydrogen-bond acceptors (Lipinski definition) is 5. The van der Waals surface area contributed by atoms with Gasteiger partial charge in [-0.3, -0.25) is 0 Å². The van der Waals surface area contributed by atoms with Crippen molar-refractivity contribution in [2.45, 2.75) is 22.6 Å². The van der Waals surface area contributed by atoms with Crippen LogP contribution >= 0.6 is 11.3 Å². The second-order valence-corrected chi connectivity index (χ2v) is 8.26. The van der Waals surface area contributed by atoms with Gasteiger partial charge in [0.25, 0.3) is 10.0 Å². The molecule has 1 aliphatic rings. The van der Waals surface area contributed by atoms with Crippen molar-refractivity contribution in [2.24, 2.45) is 0 Å². The van der Waals surface area contributed by atoms with Crippen LogP contribution in [-0.4, -0.2) is 46.4 Å². The number of thiophene rings is 1. The molecule has 0 radical (unpaired) electrons. The maximum atomic E-state index is 12.5. The molecule has 0 unspecified atom stereocenters. The number of aliphatic carboxylic acids is 1. The van der Waals surface area contributed by atoms with E-state index in [1.54, 1.807) is 28.3 Å². The summed E-state index contributed by atoms with van der Waals surface area (Å²) in [4.78, 5) is 15.6. The highest BCUT2D eigenvalue weighted by Gasteiger charge is 2.45. The summed E-state index contributed by atoms with van der Waals surface area (Å²) in [6.07, 6.45) is 5.03. The van der Waals surface area contributed by atoms with Crippen LogP contribution in [0.4, 0.5) is 0 Å². The maximum Gasteiger partial charge on any atom is 0.330 e. The van der Waals surface area contributed by atoms with Crippen molar-refractivity contribution >= 4 is 27.3 Å². The number of carboxylic acid groups (broad SMARTS) is 1. The Balaban J connectivity index is 1.84. The first-order valence-corrected chi connectivity index (χ1v) is 9.04. The smallest absolute Gasteiger partial charge is 0.330 e. The minimum Gasteiger partial charge on any atom is -0.479 e. The van der Waals surface area contributed by atoms with Crippen LogP contribution in [0.15, 0.2) is 40.4 Å². The van der Waals surface area contributed by atoms with Crippen molar-refractivity contribution in [1.82, 2.24) is 13.9 Å². The number of sulfonamides is 1. The average molecular weight is 341 g/mol. The van der Waals surface area contributed by atoms with Gasteiger partial charge in [-0.25, -0.2) is 18.2 Å². The second kappa shape index (κ2) is 5.49. The van der Waals surface area contributed by atoms with E-state index < -0.39 is 21.5 Å². The zero-order valence-electron chi connectivity index (χ0n) is 11.6. The number of nitrogens with zero attached hydrogens (tertiary/aromatic N) is 3. The highest BCUT2D eigenvalue weighted by molar-refractivity contribution is 7.91. The molecule has 9 heteroatoms. The van der Waals surface area contributed by atoms with E-state index >= 15 is 0 Å². The van der Waals surface area contributed by atoms with Crippen LogP contribution in [-0.2, 0) is 20.4 Å². The SMILES string of the molecule is O=C(O)C1(n2ccnc2)CCN(S(=O)(=O)c2cccs2)CC1. The van der Waals surface area contributed by atoms with Crippen LogP contribution in [0.5, 0.6) is 0 Å². The number of rotatable bonds is 4. The third-order valence-electron chi connectivity index (χ3n) is 4.04. The number of carboxylic acids is 1. The Morgan fingerprint density at radius 1 is 1.36 bits per heavy atom. The summed E-state index contributed by atoms with van der Waals surface area (Å²) in [5.41, 5.74) is -1.13. The molecule has 1 aliphatic heterocycles. The largest absolute Gasteiger partial charge is 0.479 e. The van der Waals surface area contributed by atoms with Crippen molar-refractivity contribution in [3.63, 3.8) is 0 Å². The molecule has 1 fully saturated rings. The van der Waals surface area contributed by atoms with Crippen molar-refractivity contribution < 1.29 is 18.3 Å². The lowest BCUT2D eigenvalue weighted by atomic mass is 9.88. The van der Waals surface area contributed by atoms with Gasteiger partial charge < -0.3 is 9.67 Å². The highest BCUT2D eigenvalue weighted by atomic mass is 32.2. The summed E-state index contributed by atoms with van der Waals surface area (Å²) in [5, 5.41) is 11.3. The molecule has 0 bridgehead atoms. The Labute approximate surface area is 131 Å². The van der Waals surface area contributed by atoms with E-state index in [0.717, 1.165) is 0 Å². The fourth-order valence-corrected chi connectivity index (χ4v) is 5.31. The standard InChI is InChI=1S/C13H15N3O4S2/c17-12(18)13(15-8-5-14-10-15)3-6-16(7-4-13)22(19,20)11-2-1-9-21-11/h1-2,5,8-10H,3-4,6-7H2,(H,17,18). The third-order valence-corrected chi connectivity index (χ3v) is 7.31. The first-order valence-electron chi connectivity index (χ1n) is 6.72. The van der Waals surface area contributed by atoms with E-state index in [0.29, 0.717) is 0 Å². The second-order valence-electron chi connectivity index (χ2n) is 5.14. The molecule has 0 amide bonds. The molecule has 3 rings (SSSR count). The van der Waals surface area contributed by atoms with Crippen LogP contribution in [0.25, 0.3) is 0 Å². The number of imidazole rings is 1. The van der Waals surface area contributed by atoms with Crippen LogP contribution in [0.1, 0.15) is 12.8 Å². The maximum absolute atomic E-state index is 12.5. The molecule has 0 saturated carbocycles. The zero-order chi connectivity index (χ0) is 15.8. The van der Waals surface area contributed by atoms with E-state index in [4.69, 9.17) is 0 Å². The minimum atomic E-state index is -3.53. The van der Waals surface area contributed by atoms with Crippen molar-refractivity contribution in [2.75, 3.05) is 13.1 Å². The van der Waals surface area contributed by atoms with Crippen molar-refractivity contribution in [1.29, 1.82) is 0 Å². The zero-order valence-corrected chi connectivity index (χ0v) is 13.3. The van der Waals surface area contributed by atoms with Crippen LogP contribution in [0.3, 0.4) is 0 Å². The summed E-state index contributed by atoms with van der Waals surface area (Å²) in [6.45, 7) is 0.343. The van der Waals surface area contributed by atoms with Gasteiger partial charge in [-0.2, -0.15) is 4.31 Å². The lowest BCUT2D eigenvalue weighted by Gasteiger charge is -2.38. The first-order chi connectivity index (χ1) is 10.5. The Morgan fingerprint density at radius 3 is 2.59 bits per heavy atom. The molecular formula is C13H15N3O4S2. The van der Waals surface area contributed by atoms with Gasteiger partial charge in [0.1, 0.15) is 9.75 Å². The molecule has 7 nitrogen and oxygen atoms in total. The van der Waals surface area contributed by atoms with Gasteiger partial charge in [-0.1, -0.05) is 6.07 Å². The van der Waals surface area contributed by atoms with E-state index in [-0.39, 0.29) is 30.1 Å². The Kier molecular flexibility index (Phi) is 3.79. The summed E-state index contributed by atoms with van der Waals surface area (Å²) < 4.78 is 28.2. The van der Waals surface area contributed by atoms with Gasteiger partial charge in [0, 0.05) is 25.5 Å². The van der Waals surface area contributed by atoms with Gasteiger partial charge in [-0.05, 0) is 24.3 Å². The van der Waals surface area contributed by atoms with E-state index in [1.165, 1.54) is 28.2 Å². The monoisotopic (exact) mass is 341 g/mol. The number of aromatic nitrogens is 2. The molecule has 1 saturated heterocycles. The van der Waals surface area contributed by atoms with Gasteiger partial charge in [0.05, 0.1) is 6.33 Å². The normalized spacial score (nSPS) is 19.1. The van der Waals surface area contributed by atoms with E-state index in [2.05, 4.69) is 4.98 Å². The van der Waals surface area contributed by atoms with Crippen LogP contribution in [0.2, 0.25) is 0 Å². The topological polar surface area (TPSA) is 92.5 Å². The Morgan fingerprint density at radius 2 is 2.09 bits per heavy atom. The summed E-state index contributed by atoms with van der Waals surface area (Å²) in [6, 6.07) is 3.25. The minimum absolute atomic E-state index is 0.171. The Bertz CT molecular complexity index is 745. The molecule has 0 atom stereocenters. The molecule has 22 heavy (non-hydrogen) atoms. The highest BCUT2D eigenvalue weighted by Crippen LogP contribution is 2.33.